The lowest BCUT2D eigenvalue weighted by Gasteiger charge is -2.20. The lowest BCUT2D eigenvalue weighted by molar-refractivity contribution is 0.0774. The van der Waals surface area contributed by atoms with Gasteiger partial charge in [-0.2, -0.15) is 12.6 Å². The van der Waals surface area contributed by atoms with E-state index in [-0.39, 0.29) is 13.2 Å². The van der Waals surface area contributed by atoms with Gasteiger partial charge in [-0.15, -0.1) is 0 Å². The highest BCUT2D eigenvalue weighted by Crippen LogP contribution is 2.08. The van der Waals surface area contributed by atoms with E-state index in [1.165, 1.54) is 32.1 Å². The lowest BCUT2D eigenvalue weighted by Crippen LogP contribution is -2.32. The molecule has 0 aromatic rings. The molecule has 0 saturated carbocycles. The van der Waals surface area contributed by atoms with Gasteiger partial charge >= 0.3 is 0 Å². The lowest BCUT2D eigenvalue weighted by atomic mass is 10.1. The van der Waals surface area contributed by atoms with E-state index in [1.807, 2.05) is 0 Å². The molecule has 0 saturated heterocycles. The van der Waals surface area contributed by atoms with Gasteiger partial charge in [-0.3, -0.25) is 4.90 Å². The van der Waals surface area contributed by atoms with E-state index in [1.54, 1.807) is 4.90 Å². The average Bonchev–Trinajstić information content (AvgIpc) is 2.32. The SMILES string of the molecule is OCCN(CCCCCCCCCS)CC(F)F. The van der Waals surface area contributed by atoms with Crippen molar-refractivity contribution >= 4 is 12.6 Å². The Kier molecular flexibility index (Phi) is 13.7. The van der Waals surface area contributed by atoms with Gasteiger partial charge in [0, 0.05) is 6.54 Å². The van der Waals surface area contributed by atoms with Gasteiger partial charge in [-0.25, -0.2) is 8.78 Å². The molecule has 1 N–H and O–H groups in total. The molecular formula is C13H27F2NOS. The molecule has 0 aliphatic heterocycles. The summed E-state index contributed by atoms with van der Waals surface area (Å²) in [6.07, 6.45) is 5.80. The minimum Gasteiger partial charge on any atom is -0.395 e. The smallest absolute Gasteiger partial charge is 0.251 e. The van der Waals surface area contributed by atoms with Crippen molar-refractivity contribution in [3.05, 3.63) is 0 Å². The third kappa shape index (κ3) is 12.6. The summed E-state index contributed by atoms with van der Waals surface area (Å²) in [6.45, 7) is 0.757. The van der Waals surface area contributed by atoms with Crippen LogP contribution in [0, 0.1) is 0 Å². The van der Waals surface area contributed by atoms with Crippen molar-refractivity contribution in [2.45, 2.75) is 51.4 Å². The van der Waals surface area contributed by atoms with Gasteiger partial charge in [0.2, 0.25) is 0 Å². The van der Waals surface area contributed by atoms with Crippen molar-refractivity contribution in [3.63, 3.8) is 0 Å². The van der Waals surface area contributed by atoms with Crippen LogP contribution in [-0.4, -0.2) is 48.4 Å². The average molecular weight is 283 g/mol. The van der Waals surface area contributed by atoms with Crippen LogP contribution in [-0.2, 0) is 0 Å². The Morgan fingerprint density at radius 3 is 1.94 bits per heavy atom. The molecule has 2 nitrogen and oxygen atoms in total. The molecular weight excluding hydrogens is 256 g/mol. The van der Waals surface area contributed by atoms with Gasteiger partial charge < -0.3 is 5.11 Å². The summed E-state index contributed by atoms with van der Waals surface area (Å²) in [5.41, 5.74) is 0. The Morgan fingerprint density at radius 1 is 0.889 bits per heavy atom. The molecule has 0 aromatic heterocycles. The highest BCUT2D eigenvalue weighted by atomic mass is 32.1. The molecule has 0 atom stereocenters. The first-order chi connectivity index (χ1) is 8.70. The summed E-state index contributed by atoms with van der Waals surface area (Å²) in [6, 6.07) is 0. The van der Waals surface area contributed by atoms with E-state index < -0.39 is 6.43 Å². The Labute approximate surface area is 115 Å². The minimum absolute atomic E-state index is 0.0452. The maximum atomic E-state index is 12.2. The van der Waals surface area contributed by atoms with Crippen LogP contribution in [0.25, 0.3) is 0 Å². The second kappa shape index (κ2) is 13.6. The third-order valence-corrected chi connectivity index (χ3v) is 3.26. The normalized spacial score (nSPS) is 11.7. The molecule has 0 amide bonds. The first kappa shape index (κ1) is 18.1. The van der Waals surface area contributed by atoms with Gasteiger partial charge in [0.1, 0.15) is 0 Å². The van der Waals surface area contributed by atoms with E-state index in [9.17, 15) is 8.78 Å². The van der Waals surface area contributed by atoms with Crippen LogP contribution in [0.5, 0.6) is 0 Å². The fraction of sp³-hybridized carbons (Fsp3) is 1.00. The summed E-state index contributed by atoms with van der Waals surface area (Å²) in [5.74, 6) is 0.962. The van der Waals surface area contributed by atoms with Gasteiger partial charge in [-0.1, -0.05) is 32.1 Å². The molecule has 0 bridgehead atoms. The number of unbranched alkanes of at least 4 members (excludes halogenated alkanes) is 6. The Balaban J connectivity index is 3.37. The summed E-state index contributed by atoms with van der Waals surface area (Å²) in [7, 11) is 0. The first-order valence-corrected chi connectivity index (χ1v) is 7.56. The highest BCUT2D eigenvalue weighted by molar-refractivity contribution is 7.80. The molecule has 0 unspecified atom stereocenters. The number of rotatable bonds is 13. The van der Waals surface area contributed by atoms with Crippen molar-refractivity contribution in [2.75, 3.05) is 32.0 Å². The van der Waals surface area contributed by atoms with Crippen LogP contribution in [0.3, 0.4) is 0 Å². The van der Waals surface area contributed by atoms with E-state index in [0.29, 0.717) is 13.1 Å². The van der Waals surface area contributed by atoms with E-state index in [4.69, 9.17) is 5.11 Å². The summed E-state index contributed by atoms with van der Waals surface area (Å²) < 4.78 is 24.5. The van der Waals surface area contributed by atoms with Crippen molar-refractivity contribution in [1.29, 1.82) is 0 Å². The molecule has 0 radical (unpaired) electrons. The molecule has 0 aliphatic carbocycles. The molecule has 0 aliphatic rings. The van der Waals surface area contributed by atoms with Crippen LogP contribution >= 0.6 is 12.6 Å². The van der Waals surface area contributed by atoms with Gasteiger partial charge in [0.15, 0.2) is 0 Å². The first-order valence-electron chi connectivity index (χ1n) is 6.93. The standard InChI is InChI=1S/C13H27F2NOS/c14-13(15)12-16(9-10-17)8-6-4-2-1-3-5-7-11-18/h13,17-18H,1-12H2. The second-order valence-corrected chi connectivity index (χ2v) is 5.06. The highest BCUT2D eigenvalue weighted by Gasteiger charge is 2.10. The van der Waals surface area contributed by atoms with Crippen molar-refractivity contribution < 1.29 is 13.9 Å². The van der Waals surface area contributed by atoms with Crippen LogP contribution < -0.4 is 0 Å². The Hall–Kier alpha value is 0.130. The van der Waals surface area contributed by atoms with Crippen LogP contribution in [0.4, 0.5) is 8.78 Å². The van der Waals surface area contributed by atoms with Crippen LogP contribution in [0.2, 0.25) is 0 Å². The zero-order valence-corrected chi connectivity index (χ0v) is 12.1. The number of hydrogen-bond acceptors (Lipinski definition) is 3. The second-order valence-electron chi connectivity index (χ2n) is 4.61. The number of aliphatic hydroxyl groups is 1. The molecule has 18 heavy (non-hydrogen) atoms. The third-order valence-electron chi connectivity index (χ3n) is 2.94. The largest absolute Gasteiger partial charge is 0.395 e. The number of alkyl halides is 2. The molecule has 0 rings (SSSR count). The molecule has 5 heteroatoms. The van der Waals surface area contributed by atoms with E-state index in [2.05, 4.69) is 12.6 Å². The molecule has 110 valence electrons. The zero-order valence-electron chi connectivity index (χ0n) is 11.2. The van der Waals surface area contributed by atoms with Crippen molar-refractivity contribution in [3.8, 4) is 0 Å². The van der Waals surface area contributed by atoms with E-state index >= 15 is 0 Å². The van der Waals surface area contributed by atoms with Crippen molar-refractivity contribution in [2.24, 2.45) is 0 Å². The summed E-state index contributed by atoms with van der Waals surface area (Å²) in [5, 5.41) is 8.78. The number of halogens is 2. The number of aliphatic hydroxyl groups excluding tert-OH is 1. The van der Waals surface area contributed by atoms with E-state index in [0.717, 1.165) is 18.6 Å². The Bertz CT molecular complexity index is 173. The summed E-state index contributed by atoms with van der Waals surface area (Å²) in [4.78, 5) is 1.64. The minimum atomic E-state index is -2.31. The fourth-order valence-electron chi connectivity index (χ4n) is 1.96. The number of hydrogen-bond donors (Lipinski definition) is 2. The quantitative estimate of drug-likeness (QED) is 0.400. The van der Waals surface area contributed by atoms with Crippen molar-refractivity contribution in [1.82, 2.24) is 4.90 Å². The molecule has 0 heterocycles. The zero-order chi connectivity index (χ0) is 13.6. The monoisotopic (exact) mass is 283 g/mol. The number of thiol groups is 1. The van der Waals surface area contributed by atoms with Gasteiger partial charge in [-0.05, 0) is 25.1 Å². The van der Waals surface area contributed by atoms with Crippen LogP contribution in [0.1, 0.15) is 44.9 Å². The maximum absolute atomic E-state index is 12.2. The van der Waals surface area contributed by atoms with Gasteiger partial charge in [0.05, 0.1) is 13.2 Å². The topological polar surface area (TPSA) is 23.5 Å². The molecule has 0 fully saturated rings. The summed E-state index contributed by atoms with van der Waals surface area (Å²) >= 11 is 4.16. The van der Waals surface area contributed by atoms with Crippen LogP contribution in [0.15, 0.2) is 0 Å². The maximum Gasteiger partial charge on any atom is 0.251 e. The Morgan fingerprint density at radius 2 is 1.44 bits per heavy atom. The fourth-order valence-corrected chi connectivity index (χ4v) is 2.19. The number of nitrogens with zero attached hydrogens (tertiary/aromatic N) is 1. The predicted molar refractivity (Wildman–Crippen MR) is 75.7 cm³/mol. The molecule has 0 spiro atoms. The predicted octanol–water partition coefficient (Wildman–Crippen LogP) is 3.21. The molecule has 0 aromatic carbocycles. The van der Waals surface area contributed by atoms with Gasteiger partial charge in [0.25, 0.3) is 6.43 Å².